The van der Waals surface area contributed by atoms with E-state index in [9.17, 15) is 0 Å². The van der Waals surface area contributed by atoms with Crippen molar-refractivity contribution in [3.05, 3.63) is 46.7 Å². The highest BCUT2D eigenvalue weighted by atomic mass is 32.1. The Morgan fingerprint density at radius 2 is 2.10 bits per heavy atom. The first-order valence-electron chi connectivity index (χ1n) is 6.55. The standard InChI is InChI=1S/C15H17N3OS2/c1-3-11(14-9-6-10-21-14)17-18-15(20)16-12-7-4-5-8-13(12)19-2/h4-10H,3H2,1-2H3,(H2,16,18,20)/b17-11-. The SMILES string of the molecule is CC/C(=N/NC(=S)Nc1ccccc1OC)c1cccs1. The highest BCUT2D eigenvalue weighted by molar-refractivity contribution is 7.80. The van der Waals surface area contributed by atoms with Crippen LogP contribution in [0.2, 0.25) is 0 Å². The molecule has 0 aliphatic rings. The second kappa shape index (κ2) is 7.75. The zero-order valence-corrected chi connectivity index (χ0v) is 13.6. The lowest BCUT2D eigenvalue weighted by atomic mass is 10.2. The molecule has 0 saturated carbocycles. The number of thiophene rings is 1. The number of hydrogen-bond acceptors (Lipinski definition) is 4. The predicted molar refractivity (Wildman–Crippen MR) is 93.5 cm³/mol. The summed E-state index contributed by atoms with van der Waals surface area (Å²) < 4.78 is 5.27. The Labute approximate surface area is 133 Å². The van der Waals surface area contributed by atoms with Gasteiger partial charge in [0.25, 0.3) is 0 Å². The van der Waals surface area contributed by atoms with E-state index in [-0.39, 0.29) is 0 Å². The molecule has 0 unspecified atom stereocenters. The Morgan fingerprint density at radius 1 is 1.29 bits per heavy atom. The van der Waals surface area contributed by atoms with Gasteiger partial charge in [-0.3, -0.25) is 5.43 Å². The molecule has 0 radical (unpaired) electrons. The molecule has 0 atom stereocenters. The summed E-state index contributed by atoms with van der Waals surface area (Å²) >= 11 is 6.92. The normalized spacial score (nSPS) is 11.0. The number of thiocarbonyl (C=S) groups is 1. The zero-order valence-electron chi connectivity index (χ0n) is 11.9. The third kappa shape index (κ3) is 4.27. The van der Waals surface area contributed by atoms with Crippen molar-refractivity contribution < 1.29 is 4.74 Å². The summed E-state index contributed by atoms with van der Waals surface area (Å²) in [4.78, 5) is 1.14. The van der Waals surface area contributed by atoms with E-state index in [0.717, 1.165) is 28.4 Å². The number of para-hydroxylation sites is 2. The smallest absolute Gasteiger partial charge is 0.191 e. The molecule has 0 aliphatic carbocycles. The van der Waals surface area contributed by atoms with Crippen LogP contribution in [0.15, 0.2) is 46.9 Å². The van der Waals surface area contributed by atoms with E-state index in [1.54, 1.807) is 18.4 Å². The van der Waals surface area contributed by atoms with Crippen LogP contribution >= 0.6 is 23.6 Å². The average molecular weight is 319 g/mol. The molecule has 1 aromatic carbocycles. The summed E-state index contributed by atoms with van der Waals surface area (Å²) in [6.45, 7) is 2.07. The number of ether oxygens (including phenoxy) is 1. The number of methoxy groups -OCH3 is 1. The van der Waals surface area contributed by atoms with Crippen molar-refractivity contribution in [3.63, 3.8) is 0 Å². The van der Waals surface area contributed by atoms with Crippen LogP contribution in [0.1, 0.15) is 18.2 Å². The second-order valence-electron chi connectivity index (χ2n) is 4.16. The molecular weight excluding hydrogens is 302 g/mol. The Balaban J connectivity index is 2.01. The quantitative estimate of drug-likeness (QED) is 0.499. The molecule has 6 heteroatoms. The minimum Gasteiger partial charge on any atom is -0.495 e. The van der Waals surface area contributed by atoms with Crippen LogP contribution in [0.5, 0.6) is 5.75 Å². The lowest BCUT2D eigenvalue weighted by Gasteiger charge is -2.11. The van der Waals surface area contributed by atoms with Crippen molar-refractivity contribution in [1.29, 1.82) is 0 Å². The summed E-state index contributed by atoms with van der Waals surface area (Å²) in [5.74, 6) is 0.736. The van der Waals surface area contributed by atoms with E-state index in [4.69, 9.17) is 17.0 Å². The van der Waals surface area contributed by atoms with Gasteiger partial charge in [-0.05, 0) is 42.2 Å². The first kappa shape index (κ1) is 15.5. The number of hydrogen-bond donors (Lipinski definition) is 2. The van der Waals surface area contributed by atoms with Gasteiger partial charge in [-0.1, -0.05) is 25.1 Å². The molecular formula is C15H17N3OS2. The number of benzene rings is 1. The fourth-order valence-corrected chi connectivity index (χ4v) is 2.71. The Kier molecular flexibility index (Phi) is 5.71. The van der Waals surface area contributed by atoms with E-state index in [1.165, 1.54) is 0 Å². The molecule has 0 aliphatic heterocycles. The lowest BCUT2D eigenvalue weighted by molar-refractivity contribution is 0.417. The molecule has 21 heavy (non-hydrogen) atoms. The average Bonchev–Trinajstić information content (AvgIpc) is 3.03. The molecule has 0 spiro atoms. The van der Waals surface area contributed by atoms with E-state index in [0.29, 0.717) is 5.11 Å². The van der Waals surface area contributed by atoms with Gasteiger partial charge in [0.1, 0.15) is 5.75 Å². The monoisotopic (exact) mass is 319 g/mol. The summed E-state index contributed by atoms with van der Waals surface area (Å²) in [5, 5.41) is 9.91. The molecule has 1 heterocycles. The Morgan fingerprint density at radius 3 is 2.76 bits per heavy atom. The van der Waals surface area contributed by atoms with Crippen LogP contribution in [0, 0.1) is 0 Å². The number of nitrogens with one attached hydrogen (secondary N) is 2. The van der Waals surface area contributed by atoms with Gasteiger partial charge in [0.2, 0.25) is 0 Å². The minimum absolute atomic E-state index is 0.432. The first-order chi connectivity index (χ1) is 10.2. The largest absolute Gasteiger partial charge is 0.495 e. The fourth-order valence-electron chi connectivity index (χ4n) is 1.77. The van der Waals surface area contributed by atoms with Crippen molar-refractivity contribution in [3.8, 4) is 5.75 Å². The topological polar surface area (TPSA) is 45.7 Å². The van der Waals surface area contributed by atoms with Gasteiger partial charge < -0.3 is 10.1 Å². The summed E-state index contributed by atoms with van der Waals surface area (Å²) in [7, 11) is 1.63. The molecule has 0 bridgehead atoms. The third-order valence-corrected chi connectivity index (χ3v) is 3.90. The molecule has 2 aromatic rings. The van der Waals surface area contributed by atoms with Crippen molar-refractivity contribution in [1.82, 2.24) is 5.43 Å². The molecule has 0 saturated heterocycles. The molecule has 2 rings (SSSR count). The summed E-state index contributed by atoms with van der Waals surface area (Å²) in [6, 6.07) is 11.7. The minimum atomic E-state index is 0.432. The van der Waals surface area contributed by atoms with Crippen LogP contribution in [-0.4, -0.2) is 17.9 Å². The maximum Gasteiger partial charge on any atom is 0.191 e. The van der Waals surface area contributed by atoms with E-state index < -0.39 is 0 Å². The second-order valence-corrected chi connectivity index (χ2v) is 5.51. The van der Waals surface area contributed by atoms with Crippen LogP contribution in [0.4, 0.5) is 5.69 Å². The molecule has 1 aromatic heterocycles. The fraction of sp³-hybridized carbons (Fsp3) is 0.200. The maximum absolute atomic E-state index is 5.27. The van der Waals surface area contributed by atoms with Crippen molar-refractivity contribution in [2.45, 2.75) is 13.3 Å². The maximum atomic E-state index is 5.27. The predicted octanol–water partition coefficient (Wildman–Crippen LogP) is 3.86. The molecule has 0 amide bonds. The van der Waals surface area contributed by atoms with Crippen molar-refractivity contribution >= 4 is 40.1 Å². The van der Waals surface area contributed by atoms with Gasteiger partial charge >= 0.3 is 0 Å². The van der Waals surface area contributed by atoms with Gasteiger partial charge in [0, 0.05) is 0 Å². The first-order valence-corrected chi connectivity index (χ1v) is 7.83. The highest BCUT2D eigenvalue weighted by Gasteiger charge is 2.05. The van der Waals surface area contributed by atoms with Crippen molar-refractivity contribution in [2.75, 3.05) is 12.4 Å². The van der Waals surface area contributed by atoms with E-state index in [1.807, 2.05) is 41.8 Å². The number of anilines is 1. The van der Waals surface area contributed by atoms with Crippen LogP contribution in [0.25, 0.3) is 0 Å². The molecule has 4 nitrogen and oxygen atoms in total. The van der Waals surface area contributed by atoms with Crippen molar-refractivity contribution in [2.24, 2.45) is 5.10 Å². The lowest BCUT2D eigenvalue weighted by Crippen LogP contribution is -2.25. The zero-order chi connectivity index (χ0) is 15.1. The van der Waals surface area contributed by atoms with E-state index in [2.05, 4.69) is 22.8 Å². The Bertz CT molecular complexity index is 624. The van der Waals surface area contributed by atoms with E-state index >= 15 is 0 Å². The summed E-state index contributed by atoms with van der Waals surface area (Å²) in [6.07, 6.45) is 0.838. The highest BCUT2D eigenvalue weighted by Crippen LogP contribution is 2.22. The van der Waals surface area contributed by atoms with Gasteiger partial charge in [-0.25, -0.2) is 0 Å². The molecule has 0 fully saturated rings. The number of rotatable bonds is 5. The van der Waals surface area contributed by atoms with Gasteiger partial charge in [0.05, 0.1) is 23.4 Å². The molecule has 110 valence electrons. The number of nitrogens with zero attached hydrogens (tertiary/aromatic N) is 1. The molecule has 2 N–H and O–H groups in total. The van der Waals surface area contributed by atoms with Crippen LogP contribution in [0.3, 0.4) is 0 Å². The van der Waals surface area contributed by atoms with Gasteiger partial charge in [-0.15, -0.1) is 11.3 Å². The Hall–Kier alpha value is -1.92. The third-order valence-electron chi connectivity index (χ3n) is 2.79. The summed E-state index contributed by atoms with van der Waals surface area (Å²) in [5.41, 5.74) is 4.67. The van der Waals surface area contributed by atoms with Gasteiger partial charge in [-0.2, -0.15) is 5.10 Å². The van der Waals surface area contributed by atoms with Crippen LogP contribution < -0.4 is 15.5 Å². The van der Waals surface area contributed by atoms with Crippen LogP contribution in [-0.2, 0) is 0 Å². The number of hydrazone groups is 1. The van der Waals surface area contributed by atoms with Gasteiger partial charge in [0.15, 0.2) is 5.11 Å².